The van der Waals surface area contributed by atoms with Crippen LogP contribution in [0.4, 0.5) is 5.69 Å². The summed E-state index contributed by atoms with van der Waals surface area (Å²) in [5.41, 5.74) is -0.429. The maximum atomic E-state index is 12.2. The molecule has 7 nitrogen and oxygen atoms in total. The van der Waals surface area contributed by atoms with Gasteiger partial charge in [-0.3, -0.25) is 14.9 Å². The van der Waals surface area contributed by atoms with Gasteiger partial charge in [-0.1, -0.05) is 11.6 Å². The van der Waals surface area contributed by atoms with Gasteiger partial charge in [-0.2, -0.15) is 0 Å². The minimum atomic E-state index is -0.657. The Kier molecular flexibility index (Phi) is 3.96. The normalized spacial score (nSPS) is 16.4. The van der Waals surface area contributed by atoms with E-state index < -0.39 is 16.9 Å². The topological polar surface area (TPSA) is 96.6 Å². The number of pyridine rings is 1. The van der Waals surface area contributed by atoms with Gasteiger partial charge in [-0.15, -0.1) is 0 Å². The van der Waals surface area contributed by atoms with E-state index in [4.69, 9.17) is 11.6 Å². The molecular formula is C11H12ClN3O4. The number of piperidine rings is 1. The number of nitrogens with zero attached hydrogens (tertiary/aromatic N) is 3. The molecule has 1 fully saturated rings. The lowest BCUT2D eigenvalue weighted by Crippen LogP contribution is -2.40. The van der Waals surface area contributed by atoms with Crippen LogP contribution in [0.1, 0.15) is 23.2 Å². The molecule has 1 aromatic rings. The zero-order valence-electron chi connectivity index (χ0n) is 9.95. The Hall–Kier alpha value is -1.73. The summed E-state index contributed by atoms with van der Waals surface area (Å²) in [5, 5.41) is 20.3. The molecule has 0 saturated carbocycles. The molecule has 1 aliphatic heterocycles. The number of halogens is 1. The summed E-state index contributed by atoms with van der Waals surface area (Å²) in [6, 6.07) is 1.20. The first-order chi connectivity index (χ1) is 8.99. The zero-order valence-corrected chi connectivity index (χ0v) is 10.7. The Balaban J connectivity index is 2.27. The number of rotatable bonds is 2. The fraction of sp³-hybridized carbons (Fsp3) is 0.455. The van der Waals surface area contributed by atoms with Crippen molar-refractivity contribution in [2.45, 2.75) is 18.9 Å². The predicted molar refractivity (Wildman–Crippen MR) is 67.0 cm³/mol. The monoisotopic (exact) mass is 285 g/mol. The first-order valence-corrected chi connectivity index (χ1v) is 6.14. The van der Waals surface area contributed by atoms with E-state index in [1.165, 1.54) is 11.0 Å². The molecule has 0 unspecified atom stereocenters. The van der Waals surface area contributed by atoms with Crippen LogP contribution in [0.15, 0.2) is 12.3 Å². The highest BCUT2D eigenvalue weighted by Crippen LogP contribution is 2.23. The number of aliphatic hydroxyl groups excluding tert-OH is 1. The lowest BCUT2D eigenvalue weighted by atomic mass is 10.1. The second kappa shape index (κ2) is 5.50. The average molecular weight is 286 g/mol. The van der Waals surface area contributed by atoms with Crippen molar-refractivity contribution in [3.63, 3.8) is 0 Å². The van der Waals surface area contributed by atoms with Gasteiger partial charge in [-0.05, 0) is 18.9 Å². The maximum Gasteiger partial charge on any atom is 0.300 e. The van der Waals surface area contributed by atoms with Gasteiger partial charge in [-0.25, -0.2) is 4.98 Å². The van der Waals surface area contributed by atoms with E-state index in [-0.39, 0.29) is 16.4 Å². The summed E-state index contributed by atoms with van der Waals surface area (Å²) in [4.78, 5) is 27.6. The molecule has 1 N–H and O–H groups in total. The third-order valence-electron chi connectivity index (χ3n) is 3.03. The van der Waals surface area contributed by atoms with Gasteiger partial charge in [0.05, 0.1) is 11.0 Å². The number of carbonyl (C=O) groups excluding carboxylic acids is 1. The van der Waals surface area contributed by atoms with Crippen LogP contribution in [-0.2, 0) is 0 Å². The minimum Gasteiger partial charge on any atom is -0.393 e. The number of aliphatic hydroxyl groups is 1. The fourth-order valence-corrected chi connectivity index (χ4v) is 2.14. The molecular weight excluding hydrogens is 274 g/mol. The molecule has 19 heavy (non-hydrogen) atoms. The summed E-state index contributed by atoms with van der Waals surface area (Å²) in [6.07, 6.45) is 1.51. The van der Waals surface area contributed by atoms with Gasteiger partial charge < -0.3 is 10.0 Å². The zero-order chi connectivity index (χ0) is 14.0. The molecule has 0 aromatic carbocycles. The van der Waals surface area contributed by atoms with Crippen LogP contribution < -0.4 is 0 Å². The first-order valence-electron chi connectivity index (χ1n) is 5.76. The highest BCUT2D eigenvalue weighted by atomic mass is 35.5. The molecule has 0 spiro atoms. The molecule has 0 aliphatic carbocycles. The lowest BCUT2D eigenvalue weighted by molar-refractivity contribution is -0.385. The van der Waals surface area contributed by atoms with Gasteiger partial charge in [0, 0.05) is 13.1 Å². The van der Waals surface area contributed by atoms with Crippen LogP contribution in [0.2, 0.25) is 5.15 Å². The van der Waals surface area contributed by atoms with Gasteiger partial charge in [0.2, 0.25) is 0 Å². The fourth-order valence-electron chi connectivity index (χ4n) is 1.98. The van der Waals surface area contributed by atoms with E-state index in [1.54, 1.807) is 0 Å². The average Bonchev–Trinajstić information content (AvgIpc) is 2.38. The Morgan fingerprint density at radius 3 is 2.74 bits per heavy atom. The molecule has 1 aromatic heterocycles. The summed E-state index contributed by atoms with van der Waals surface area (Å²) < 4.78 is 0. The quantitative estimate of drug-likeness (QED) is 0.501. The van der Waals surface area contributed by atoms with E-state index in [0.717, 1.165) is 6.20 Å². The number of hydrogen-bond acceptors (Lipinski definition) is 5. The van der Waals surface area contributed by atoms with Crippen molar-refractivity contribution in [3.8, 4) is 0 Å². The van der Waals surface area contributed by atoms with E-state index in [2.05, 4.69) is 4.98 Å². The number of nitro groups is 1. The molecule has 0 atom stereocenters. The smallest absolute Gasteiger partial charge is 0.300 e. The number of amides is 1. The highest BCUT2D eigenvalue weighted by Gasteiger charge is 2.28. The molecule has 8 heteroatoms. The van der Waals surface area contributed by atoms with Gasteiger partial charge in [0.25, 0.3) is 11.6 Å². The van der Waals surface area contributed by atoms with Crippen molar-refractivity contribution >= 4 is 23.2 Å². The van der Waals surface area contributed by atoms with E-state index in [1.807, 2.05) is 0 Å². The van der Waals surface area contributed by atoms with Crippen molar-refractivity contribution in [2.24, 2.45) is 0 Å². The number of carbonyl (C=O) groups is 1. The van der Waals surface area contributed by atoms with Crippen LogP contribution in [0.25, 0.3) is 0 Å². The minimum absolute atomic E-state index is 0.0333. The second-order valence-electron chi connectivity index (χ2n) is 4.30. The molecule has 0 radical (unpaired) electrons. The van der Waals surface area contributed by atoms with Crippen LogP contribution in [0, 0.1) is 10.1 Å². The van der Waals surface area contributed by atoms with Crippen LogP contribution in [-0.4, -0.2) is 45.0 Å². The predicted octanol–water partition coefficient (Wildman–Crippen LogP) is 1.24. The Labute approximate surface area is 114 Å². The lowest BCUT2D eigenvalue weighted by Gasteiger charge is -2.29. The standard InChI is InChI=1S/C11H12ClN3O4/c12-10-5-8(9(6-13-10)15(18)19)11(17)14-3-1-7(16)2-4-14/h5-7,16H,1-4H2. The van der Waals surface area contributed by atoms with Crippen molar-refractivity contribution in [3.05, 3.63) is 33.1 Å². The number of aromatic nitrogens is 1. The van der Waals surface area contributed by atoms with Crippen LogP contribution >= 0.6 is 11.6 Å². The van der Waals surface area contributed by atoms with E-state index in [0.29, 0.717) is 25.9 Å². The second-order valence-corrected chi connectivity index (χ2v) is 4.69. The Morgan fingerprint density at radius 1 is 1.53 bits per heavy atom. The summed E-state index contributed by atoms with van der Waals surface area (Å²) >= 11 is 5.68. The van der Waals surface area contributed by atoms with Crippen molar-refractivity contribution < 1.29 is 14.8 Å². The SMILES string of the molecule is O=C(c1cc(Cl)ncc1[N+](=O)[O-])N1CCC(O)CC1. The van der Waals surface area contributed by atoms with E-state index in [9.17, 15) is 20.0 Å². The van der Waals surface area contributed by atoms with Crippen LogP contribution in [0.5, 0.6) is 0 Å². The van der Waals surface area contributed by atoms with E-state index >= 15 is 0 Å². The molecule has 1 amide bonds. The highest BCUT2D eigenvalue weighted by molar-refractivity contribution is 6.29. The van der Waals surface area contributed by atoms with Crippen molar-refractivity contribution in [2.75, 3.05) is 13.1 Å². The summed E-state index contributed by atoms with van der Waals surface area (Å²) in [7, 11) is 0. The Morgan fingerprint density at radius 2 is 2.16 bits per heavy atom. The summed E-state index contributed by atoms with van der Waals surface area (Å²) in [5.74, 6) is -0.456. The molecule has 1 aliphatic rings. The van der Waals surface area contributed by atoms with Crippen molar-refractivity contribution in [1.82, 2.24) is 9.88 Å². The molecule has 2 rings (SSSR count). The largest absolute Gasteiger partial charge is 0.393 e. The van der Waals surface area contributed by atoms with Gasteiger partial charge in [0.15, 0.2) is 0 Å². The third-order valence-corrected chi connectivity index (χ3v) is 3.24. The molecule has 0 bridgehead atoms. The summed E-state index contributed by atoms with van der Waals surface area (Å²) in [6.45, 7) is 0.744. The molecule has 102 valence electrons. The van der Waals surface area contributed by atoms with Crippen molar-refractivity contribution in [1.29, 1.82) is 0 Å². The van der Waals surface area contributed by atoms with Crippen LogP contribution in [0.3, 0.4) is 0 Å². The van der Waals surface area contributed by atoms with Gasteiger partial charge >= 0.3 is 0 Å². The van der Waals surface area contributed by atoms with Gasteiger partial charge in [0.1, 0.15) is 16.9 Å². The maximum absolute atomic E-state index is 12.2. The third kappa shape index (κ3) is 2.99. The first kappa shape index (κ1) is 13.7. The number of hydrogen-bond donors (Lipinski definition) is 1. The molecule has 2 heterocycles. The number of likely N-dealkylation sites (tertiary alicyclic amines) is 1. The Bertz CT molecular complexity index is 515. The molecule has 1 saturated heterocycles.